The lowest BCUT2D eigenvalue weighted by molar-refractivity contribution is -0.121. The molecule has 1 amide bonds. The number of carbonyl (C=O) groups is 1. The summed E-state index contributed by atoms with van der Waals surface area (Å²) in [4.78, 5) is 29.6. The molecule has 32 heavy (non-hydrogen) atoms. The molecular weight excluding hydrogens is 406 g/mol. The molecule has 0 aliphatic heterocycles. The Balaban J connectivity index is 0.00000204. The normalized spacial score (nSPS) is 10.9. The van der Waals surface area contributed by atoms with Gasteiger partial charge in [-0.05, 0) is 36.6 Å². The second kappa shape index (κ2) is 9.34. The van der Waals surface area contributed by atoms with Crippen LogP contribution in [0.15, 0.2) is 59.5 Å². The highest BCUT2D eigenvalue weighted by atomic mass is 16.2. The number of nitrogens with zero attached hydrogens (tertiary/aromatic N) is 3. The molecule has 0 unspecified atom stereocenters. The van der Waals surface area contributed by atoms with E-state index >= 15 is 0 Å². The zero-order chi connectivity index (χ0) is 22.5. The summed E-state index contributed by atoms with van der Waals surface area (Å²) in [5, 5.41) is 13.6. The van der Waals surface area contributed by atoms with E-state index in [-0.39, 0.29) is 28.1 Å². The maximum atomic E-state index is 12.8. The van der Waals surface area contributed by atoms with Crippen LogP contribution < -0.4 is 21.9 Å². The Morgan fingerprint density at radius 1 is 1.19 bits per heavy atom. The molecule has 2 aromatic heterocycles. The van der Waals surface area contributed by atoms with Crippen molar-refractivity contribution in [3.8, 4) is 0 Å². The molecule has 4 rings (SSSR count). The molecule has 2 heterocycles. The van der Waals surface area contributed by atoms with Gasteiger partial charge in [0.05, 0.1) is 5.52 Å². The Hall–Kier alpha value is -4.14. The highest BCUT2D eigenvalue weighted by Crippen LogP contribution is 2.19. The first-order valence-electron chi connectivity index (χ1n) is 10.3. The Morgan fingerprint density at radius 2 is 2.00 bits per heavy atom. The first-order valence-corrected chi connectivity index (χ1v) is 10.3. The van der Waals surface area contributed by atoms with E-state index in [1.54, 1.807) is 13.1 Å². The van der Waals surface area contributed by atoms with Crippen LogP contribution in [-0.4, -0.2) is 32.2 Å². The van der Waals surface area contributed by atoms with Gasteiger partial charge in [0, 0.05) is 34.6 Å². The van der Waals surface area contributed by atoms with Gasteiger partial charge in [0.2, 0.25) is 5.91 Å². The van der Waals surface area contributed by atoms with Crippen molar-refractivity contribution in [1.82, 2.24) is 25.1 Å². The molecule has 9 heteroatoms. The lowest BCUT2D eigenvalue weighted by Gasteiger charge is -2.13. The fraction of sp³-hybridized carbons (Fsp3) is 0.217. The molecule has 0 saturated heterocycles. The largest absolute Gasteiger partial charge is 0.382 e. The first-order chi connectivity index (χ1) is 15.5. The van der Waals surface area contributed by atoms with Gasteiger partial charge in [-0.1, -0.05) is 36.4 Å². The van der Waals surface area contributed by atoms with Crippen LogP contribution in [-0.2, 0) is 24.3 Å². The minimum Gasteiger partial charge on any atom is -0.382 e. The number of aryl methyl sites for hydroxylation is 1. The van der Waals surface area contributed by atoms with Gasteiger partial charge in [0.15, 0.2) is 11.6 Å². The molecule has 0 atom stereocenters. The van der Waals surface area contributed by atoms with Crippen LogP contribution in [0.4, 0.5) is 11.6 Å². The van der Waals surface area contributed by atoms with Crippen LogP contribution in [0.1, 0.15) is 21.1 Å². The number of amides is 1. The SMILES string of the molecule is Cc1cnc(NCCc2ccccc2)c(=O)n1CC(=O)NCc1ccc2[nH]nc(N)c2c1.[HH].[HH].[HH]. The van der Waals surface area contributed by atoms with Gasteiger partial charge >= 0.3 is 0 Å². The number of hydrogen-bond acceptors (Lipinski definition) is 6. The molecule has 0 radical (unpaired) electrons. The maximum absolute atomic E-state index is 12.8. The Kier molecular flexibility index (Phi) is 6.16. The van der Waals surface area contributed by atoms with Crippen molar-refractivity contribution in [2.45, 2.75) is 26.4 Å². The van der Waals surface area contributed by atoms with Gasteiger partial charge < -0.3 is 16.4 Å². The summed E-state index contributed by atoms with van der Waals surface area (Å²) in [5.41, 5.74) is 9.03. The van der Waals surface area contributed by atoms with E-state index in [0.717, 1.165) is 22.9 Å². The molecule has 4 aromatic rings. The summed E-state index contributed by atoms with van der Waals surface area (Å²) >= 11 is 0. The molecule has 9 nitrogen and oxygen atoms in total. The van der Waals surface area contributed by atoms with Gasteiger partial charge in [-0.15, -0.1) is 0 Å². The number of H-pyrrole nitrogens is 1. The van der Waals surface area contributed by atoms with Crippen molar-refractivity contribution in [3.63, 3.8) is 0 Å². The molecule has 2 aromatic carbocycles. The number of aromatic nitrogens is 4. The number of anilines is 2. The summed E-state index contributed by atoms with van der Waals surface area (Å²) in [6, 6.07) is 15.6. The molecule has 0 spiro atoms. The molecule has 0 fully saturated rings. The van der Waals surface area contributed by atoms with Crippen LogP contribution >= 0.6 is 0 Å². The third-order valence-corrected chi connectivity index (χ3v) is 5.25. The van der Waals surface area contributed by atoms with Gasteiger partial charge in [0.25, 0.3) is 5.56 Å². The predicted octanol–water partition coefficient (Wildman–Crippen LogP) is 2.72. The molecule has 0 saturated carbocycles. The number of benzene rings is 2. The zero-order valence-corrected chi connectivity index (χ0v) is 17.8. The van der Waals surface area contributed by atoms with Crippen molar-refractivity contribution >= 4 is 28.4 Å². The monoisotopic (exact) mass is 437 g/mol. The summed E-state index contributed by atoms with van der Waals surface area (Å²) in [7, 11) is 0. The van der Waals surface area contributed by atoms with E-state index in [1.807, 2.05) is 48.5 Å². The maximum Gasteiger partial charge on any atom is 0.293 e. The second-order valence-electron chi connectivity index (χ2n) is 7.57. The minimum absolute atomic E-state index is 0. The average Bonchev–Trinajstić information content (AvgIpc) is 3.17. The fourth-order valence-electron chi connectivity index (χ4n) is 3.45. The average molecular weight is 438 g/mol. The number of nitrogens with one attached hydrogen (secondary N) is 3. The number of rotatable bonds is 8. The number of hydrogen-bond donors (Lipinski definition) is 4. The molecule has 0 bridgehead atoms. The van der Waals surface area contributed by atoms with Gasteiger partial charge in [-0.3, -0.25) is 19.3 Å². The number of carbonyl (C=O) groups excluding carboxylic acids is 1. The number of nitrogen functional groups attached to an aromatic ring is 1. The van der Waals surface area contributed by atoms with E-state index in [4.69, 9.17) is 5.73 Å². The van der Waals surface area contributed by atoms with Crippen LogP contribution in [0.5, 0.6) is 0 Å². The van der Waals surface area contributed by atoms with E-state index in [1.165, 1.54) is 10.1 Å². The van der Waals surface area contributed by atoms with Crippen LogP contribution in [0.2, 0.25) is 0 Å². The minimum atomic E-state index is -0.319. The van der Waals surface area contributed by atoms with Crippen LogP contribution in [0.3, 0.4) is 0 Å². The predicted molar refractivity (Wildman–Crippen MR) is 131 cm³/mol. The van der Waals surface area contributed by atoms with E-state index in [9.17, 15) is 9.59 Å². The van der Waals surface area contributed by atoms with Crippen molar-refractivity contribution in [1.29, 1.82) is 0 Å². The van der Waals surface area contributed by atoms with Gasteiger partial charge in [0.1, 0.15) is 6.54 Å². The van der Waals surface area contributed by atoms with E-state index in [0.29, 0.717) is 24.6 Å². The second-order valence-corrected chi connectivity index (χ2v) is 7.57. The highest BCUT2D eigenvalue weighted by molar-refractivity contribution is 5.89. The topological polar surface area (TPSA) is 131 Å². The van der Waals surface area contributed by atoms with Crippen molar-refractivity contribution in [3.05, 3.63) is 81.9 Å². The smallest absolute Gasteiger partial charge is 0.293 e. The van der Waals surface area contributed by atoms with E-state index < -0.39 is 0 Å². The zero-order valence-electron chi connectivity index (χ0n) is 17.8. The molecule has 170 valence electrons. The quantitative estimate of drug-likeness (QED) is 0.335. The summed E-state index contributed by atoms with van der Waals surface area (Å²) in [5.74, 6) is 0.386. The standard InChI is InChI=1S/C23H25N7O2.3H2/c1-15-12-27-22(25-10-9-16-5-3-2-4-6-16)23(32)30(15)14-20(31)26-13-17-7-8-19-18(11-17)21(24)29-28-19;;;/h2-8,11-12H,9-10,13-14H2,1H3,(H,25,27)(H,26,31)(H3,24,28,29);3*1H. The molecular formula is C23H31N7O2. The number of fused-ring (bicyclic) bond motifs is 1. The molecule has 0 aliphatic rings. The van der Waals surface area contributed by atoms with Crippen molar-refractivity contribution in [2.24, 2.45) is 0 Å². The third-order valence-electron chi connectivity index (χ3n) is 5.25. The van der Waals surface area contributed by atoms with Crippen molar-refractivity contribution < 1.29 is 9.07 Å². The molecule has 0 aliphatic carbocycles. The fourth-order valence-corrected chi connectivity index (χ4v) is 3.45. The Labute approximate surface area is 189 Å². The highest BCUT2D eigenvalue weighted by Gasteiger charge is 2.12. The molecule has 5 N–H and O–H groups in total. The Morgan fingerprint density at radius 3 is 2.81 bits per heavy atom. The van der Waals surface area contributed by atoms with E-state index in [2.05, 4.69) is 25.8 Å². The van der Waals surface area contributed by atoms with Crippen LogP contribution in [0, 0.1) is 6.92 Å². The third kappa shape index (κ3) is 4.77. The van der Waals surface area contributed by atoms with Gasteiger partial charge in [-0.2, -0.15) is 5.10 Å². The van der Waals surface area contributed by atoms with Crippen LogP contribution in [0.25, 0.3) is 10.9 Å². The first kappa shape index (κ1) is 21.1. The lowest BCUT2D eigenvalue weighted by Crippen LogP contribution is -2.34. The summed E-state index contributed by atoms with van der Waals surface area (Å²) < 4.78 is 1.42. The van der Waals surface area contributed by atoms with Gasteiger partial charge in [-0.25, -0.2) is 4.98 Å². The number of aromatic amines is 1. The summed E-state index contributed by atoms with van der Waals surface area (Å²) in [6.07, 6.45) is 2.36. The number of nitrogens with two attached hydrogens (primary N) is 1. The Bertz CT molecular complexity index is 1310. The lowest BCUT2D eigenvalue weighted by atomic mass is 10.1. The summed E-state index contributed by atoms with van der Waals surface area (Å²) in [6.45, 7) is 2.56. The van der Waals surface area contributed by atoms with Crippen molar-refractivity contribution in [2.75, 3.05) is 17.6 Å².